The van der Waals surface area contributed by atoms with Crippen LogP contribution in [0.5, 0.6) is 11.5 Å². The van der Waals surface area contributed by atoms with Gasteiger partial charge in [-0.25, -0.2) is 0 Å². The van der Waals surface area contributed by atoms with E-state index in [9.17, 15) is 0 Å². The largest absolute Gasteiger partial charge is 0.459 e. The van der Waals surface area contributed by atoms with E-state index in [0.717, 1.165) is 128 Å². The van der Waals surface area contributed by atoms with Gasteiger partial charge in [-0.05, 0) is 191 Å². The van der Waals surface area contributed by atoms with Crippen LogP contribution in [0.3, 0.4) is 0 Å². The molecule has 5 nitrogen and oxygen atoms in total. The number of aliphatic imine (C=N–C) groups is 1. The lowest BCUT2D eigenvalue weighted by molar-refractivity contribution is -0.571. The van der Waals surface area contributed by atoms with Gasteiger partial charge in [-0.1, -0.05) is 268 Å². The summed E-state index contributed by atoms with van der Waals surface area (Å²) in [6, 6.07) is 74.2. The molecule has 1 unspecified atom stereocenters. The fraction of sp³-hybridized carbons (Fsp3) is 0.319. The highest BCUT2D eigenvalue weighted by molar-refractivity contribution is 6.14. The molecular weight excluding hydrogens is 1170 g/mol. The van der Waals surface area contributed by atoms with Crippen molar-refractivity contribution in [2.24, 2.45) is 4.99 Å². The zero-order chi connectivity index (χ0) is 66.8. The molecule has 10 aromatic carbocycles. The highest BCUT2D eigenvalue weighted by atomic mass is 16.5. The number of fused-ring (bicyclic) bond motifs is 10. The molecule has 5 heteroatoms. The summed E-state index contributed by atoms with van der Waals surface area (Å²) in [4.78, 5) is 6.01. The van der Waals surface area contributed by atoms with Crippen LogP contribution in [0.25, 0.3) is 77.7 Å². The van der Waals surface area contributed by atoms with Crippen LogP contribution in [0.2, 0.25) is 0 Å². The Morgan fingerprint density at radius 1 is 0.469 bits per heavy atom. The van der Waals surface area contributed by atoms with Crippen LogP contribution in [0.1, 0.15) is 204 Å². The van der Waals surface area contributed by atoms with Crippen molar-refractivity contribution in [2.45, 2.75) is 186 Å². The van der Waals surface area contributed by atoms with Crippen LogP contribution < -0.4 is 9.30 Å². The van der Waals surface area contributed by atoms with Crippen LogP contribution in [-0.2, 0) is 37.9 Å². The smallest absolute Gasteiger partial charge is 0.270 e. The number of furan rings is 1. The van der Waals surface area contributed by atoms with E-state index in [1.54, 1.807) is 0 Å². The van der Waals surface area contributed by atoms with E-state index in [2.05, 4.69) is 320 Å². The van der Waals surface area contributed by atoms with E-state index < -0.39 is 0 Å². The maximum absolute atomic E-state index is 7.70. The molecule has 0 saturated heterocycles. The van der Waals surface area contributed by atoms with Crippen molar-refractivity contribution in [3.63, 3.8) is 0 Å². The van der Waals surface area contributed by atoms with E-state index in [1.165, 1.54) is 61.2 Å². The zero-order valence-electron chi connectivity index (χ0n) is 59.0. The summed E-state index contributed by atoms with van der Waals surface area (Å²) in [5.41, 5.74) is 27.8. The summed E-state index contributed by atoms with van der Waals surface area (Å²) >= 11 is 0. The Morgan fingerprint density at radius 2 is 0.990 bits per heavy atom. The summed E-state index contributed by atoms with van der Waals surface area (Å²) in [6.07, 6.45) is 10.7. The quantitative estimate of drug-likeness (QED) is 0.107. The predicted molar refractivity (Wildman–Crippen MR) is 399 cm³/mol. The van der Waals surface area contributed by atoms with Gasteiger partial charge in [-0.3, -0.25) is 14.1 Å². The van der Waals surface area contributed by atoms with Crippen molar-refractivity contribution < 1.29 is 13.7 Å². The third kappa shape index (κ3) is 9.89. The summed E-state index contributed by atoms with van der Waals surface area (Å²) in [5, 5.41) is 2.08. The first kappa shape index (κ1) is 61.8. The number of benzene rings is 10. The molecule has 96 heavy (non-hydrogen) atoms. The van der Waals surface area contributed by atoms with Crippen LogP contribution in [0.4, 0.5) is 5.69 Å². The Kier molecular flexibility index (Phi) is 14.0. The second kappa shape index (κ2) is 21.7. The molecule has 1 atom stereocenters. The average Bonchev–Trinajstić information content (AvgIpc) is 1.40. The van der Waals surface area contributed by atoms with Crippen molar-refractivity contribution in [1.82, 2.24) is 4.57 Å². The Morgan fingerprint density at radius 3 is 1.61 bits per heavy atom. The minimum absolute atomic E-state index is 0.000403. The van der Waals surface area contributed by atoms with Crippen molar-refractivity contribution in [3.8, 4) is 56.3 Å². The lowest BCUT2D eigenvalue weighted by Gasteiger charge is -2.45. The second-order valence-corrected chi connectivity index (χ2v) is 33.6. The first-order chi connectivity index (χ1) is 45.7. The molecule has 482 valence electrons. The molecule has 0 amide bonds. The highest BCUT2D eigenvalue weighted by Crippen LogP contribution is 2.59. The topological polar surface area (TPSA) is 43.5 Å². The summed E-state index contributed by atoms with van der Waals surface area (Å²) in [7, 11) is 0. The zero-order valence-corrected chi connectivity index (χ0v) is 59.0. The Hall–Kier alpha value is -9.06. The average molecular weight is 1260 g/mol. The molecule has 3 heterocycles. The molecule has 4 aliphatic rings. The van der Waals surface area contributed by atoms with Crippen molar-refractivity contribution >= 4 is 44.4 Å². The van der Waals surface area contributed by atoms with Gasteiger partial charge in [0.2, 0.25) is 0 Å². The monoisotopic (exact) mass is 1260 g/mol. The minimum atomic E-state index is -0.256. The minimum Gasteiger partial charge on any atom is -0.459 e. The van der Waals surface area contributed by atoms with Crippen LogP contribution >= 0.6 is 0 Å². The maximum atomic E-state index is 7.70. The molecule has 0 N–H and O–H groups in total. The maximum Gasteiger partial charge on any atom is 0.270 e. The van der Waals surface area contributed by atoms with Crippen molar-refractivity contribution in [3.05, 3.63) is 262 Å². The molecule has 2 aromatic heterocycles. The fourth-order valence-corrected chi connectivity index (χ4v) is 17.5. The number of imidazole rings is 1. The number of nitrogens with zero attached hydrogens (tertiary/aromatic N) is 3. The van der Waals surface area contributed by atoms with E-state index in [0.29, 0.717) is 5.75 Å². The summed E-state index contributed by atoms with van der Waals surface area (Å²) in [5.74, 6) is 1.29. The molecular formula is C91H91N3O2. The van der Waals surface area contributed by atoms with E-state index >= 15 is 0 Å². The van der Waals surface area contributed by atoms with Crippen LogP contribution in [0.15, 0.2) is 210 Å². The van der Waals surface area contributed by atoms with Gasteiger partial charge in [0.25, 0.3) is 6.33 Å². The molecule has 1 aliphatic heterocycles. The van der Waals surface area contributed by atoms with E-state index in [4.69, 9.17) is 14.1 Å². The Balaban J connectivity index is 0.939. The Bertz CT molecular complexity index is 5110. The number of para-hydroxylation sites is 3. The number of hydrogen-bond donors (Lipinski definition) is 0. The van der Waals surface area contributed by atoms with Gasteiger partial charge in [-0.15, -0.1) is 0 Å². The normalized spacial score (nSPS) is 18.6. The van der Waals surface area contributed by atoms with Gasteiger partial charge in [0.15, 0.2) is 0 Å². The van der Waals surface area contributed by atoms with Crippen molar-refractivity contribution in [2.75, 3.05) is 0 Å². The number of aromatic nitrogens is 2. The molecule has 3 aliphatic carbocycles. The van der Waals surface area contributed by atoms with Gasteiger partial charge in [0.05, 0.1) is 34.0 Å². The number of rotatable bonds is 9. The fourth-order valence-electron chi connectivity index (χ4n) is 17.5. The molecule has 0 radical (unpaired) electrons. The summed E-state index contributed by atoms with van der Waals surface area (Å²) < 4.78 is 19.8. The lowest BCUT2D eigenvalue weighted by Crippen LogP contribution is -2.36. The lowest BCUT2D eigenvalue weighted by atomic mass is 9.59. The van der Waals surface area contributed by atoms with Crippen molar-refractivity contribution in [1.29, 1.82) is 0 Å². The first-order valence-corrected chi connectivity index (χ1v) is 35.3. The van der Waals surface area contributed by atoms with Crippen LogP contribution in [-0.4, -0.2) is 10.3 Å². The number of ether oxygens (including phenoxy) is 1. The van der Waals surface area contributed by atoms with Gasteiger partial charge in [0, 0.05) is 21.9 Å². The molecule has 16 rings (SSSR count). The van der Waals surface area contributed by atoms with Crippen LogP contribution in [0, 0.1) is 6.33 Å². The van der Waals surface area contributed by atoms with Gasteiger partial charge < -0.3 is 9.15 Å². The number of hydrogen-bond acceptors (Lipinski definition) is 3. The first-order valence-electron chi connectivity index (χ1n) is 35.3. The van der Waals surface area contributed by atoms with E-state index in [1.807, 2.05) is 0 Å². The summed E-state index contributed by atoms with van der Waals surface area (Å²) in [6.45, 7) is 36.4. The van der Waals surface area contributed by atoms with E-state index in [-0.39, 0.29) is 43.8 Å². The molecule has 12 aromatic rings. The highest BCUT2D eigenvalue weighted by Gasteiger charge is 2.47. The SMILES string of the molecule is CC(C)(C)c1cc(Oc2cc(-[n+]3[c-]n(-c4c(-c5ccccc5)cccc4-c4ccccc4)c4ccccc43)c3oc4c5c(ccc4c3c2)C(C)(C)CCC5(C)C)cc(C2=Nc3ccc4c(c3C2c2ccc3c(c2-c2ccccc2)C(C)(C)CCC3(C)C)C(C)(C)CCC4(C)C)c1. The third-order valence-electron chi connectivity index (χ3n) is 23.2. The molecule has 0 bridgehead atoms. The standard InChI is InChI=1S/C91H91N3O2/c1-85(2,3)60-50-59(81-76(77-71(92-81)43-42-69-79(77)90(12,13)48-45-87(69,6)7)66-39-41-68-78(75(66)58-32-23-18-24-33-58)89(10,11)47-44-86(68,4)5)51-61(52-60)95-62-53-67-65-38-40-70-80(91(14,15)49-46-88(70,8)9)84(65)96-83(67)74(54-62)93-55-94(73-37-26-25-36-72(73)93)82-63(56-28-19-16-20-29-56)34-27-35-64(82)57-30-21-17-22-31-57/h16-43,50-54,76H,44-49H2,1-15H3. The molecule has 0 fully saturated rings. The molecule has 0 spiro atoms. The third-order valence-corrected chi connectivity index (χ3v) is 23.2. The second-order valence-electron chi connectivity index (χ2n) is 33.6. The van der Waals surface area contributed by atoms with Gasteiger partial charge in [-0.2, -0.15) is 0 Å². The predicted octanol–water partition coefficient (Wildman–Crippen LogP) is 24.0. The van der Waals surface area contributed by atoms with Gasteiger partial charge in [0.1, 0.15) is 28.4 Å². The van der Waals surface area contributed by atoms with Gasteiger partial charge >= 0.3 is 0 Å². The molecule has 0 saturated carbocycles. The Labute approximate surface area is 569 Å².